The van der Waals surface area contributed by atoms with Gasteiger partial charge in [0.05, 0.1) is 6.61 Å². The first-order chi connectivity index (χ1) is 8.95. The molecule has 2 nitrogen and oxygen atoms in total. The average molecular weight is 264 g/mol. The van der Waals surface area contributed by atoms with Gasteiger partial charge in [-0.15, -0.1) is 0 Å². The van der Waals surface area contributed by atoms with Crippen molar-refractivity contribution in [2.24, 2.45) is 5.92 Å². The van der Waals surface area contributed by atoms with E-state index < -0.39 is 0 Å². The van der Waals surface area contributed by atoms with Crippen molar-refractivity contribution in [1.82, 2.24) is 0 Å². The first-order valence-electron chi connectivity index (χ1n) is 7.10. The molecule has 0 amide bonds. The van der Waals surface area contributed by atoms with Gasteiger partial charge in [-0.2, -0.15) is 0 Å². The lowest BCUT2D eigenvalue weighted by atomic mass is 10.0. The van der Waals surface area contributed by atoms with Crippen LogP contribution in [-0.4, -0.2) is 12.6 Å². The van der Waals surface area contributed by atoms with Crippen LogP contribution in [0.2, 0.25) is 0 Å². The standard InChI is InChI=1S/C17H28O2/c1-6-19-17(18)13-16(5)12-8-11-15(4)10-7-9-14(2)3/h8-9,12-13,15H,6-7,10-11H2,1-5H3/b12-8+,16-13?. The summed E-state index contributed by atoms with van der Waals surface area (Å²) in [7, 11) is 0. The van der Waals surface area contributed by atoms with Crippen LogP contribution < -0.4 is 0 Å². The topological polar surface area (TPSA) is 26.3 Å². The lowest BCUT2D eigenvalue weighted by Crippen LogP contribution is -1.99. The molecule has 0 heterocycles. The third-order valence-electron chi connectivity index (χ3n) is 2.76. The lowest BCUT2D eigenvalue weighted by molar-refractivity contribution is -0.137. The largest absolute Gasteiger partial charge is 0.463 e. The normalized spacial score (nSPS) is 13.4. The van der Waals surface area contributed by atoms with Crippen LogP contribution in [0.25, 0.3) is 0 Å². The van der Waals surface area contributed by atoms with E-state index in [1.165, 1.54) is 18.1 Å². The summed E-state index contributed by atoms with van der Waals surface area (Å²) in [5.41, 5.74) is 2.32. The minimum atomic E-state index is -0.263. The number of carbonyl (C=O) groups is 1. The highest BCUT2D eigenvalue weighted by Gasteiger charge is 1.99. The zero-order chi connectivity index (χ0) is 14.7. The fourth-order valence-corrected chi connectivity index (χ4v) is 1.68. The zero-order valence-corrected chi connectivity index (χ0v) is 13.0. The average Bonchev–Trinajstić information content (AvgIpc) is 2.28. The van der Waals surface area contributed by atoms with E-state index in [0.717, 1.165) is 18.4 Å². The summed E-state index contributed by atoms with van der Waals surface area (Å²) in [5, 5.41) is 0. The molecular formula is C17H28O2. The molecule has 0 radical (unpaired) electrons. The van der Waals surface area contributed by atoms with Crippen molar-refractivity contribution in [2.75, 3.05) is 6.61 Å². The Morgan fingerprint density at radius 1 is 1.26 bits per heavy atom. The van der Waals surface area contributed by atoms with Crippen molar-refractivity contribution >= 4 is 5.97 Å². The van der Waals surface area contributed by atoms with Gasteiger partial charge in [-0.05, 0) is 58.4 Å². The van der Waals surface area contributed by atoms with Gasteiger partial charge in [0.2, 0.25) is 0 Å². The summed E-state index contributed by atoms with van der Waals surface area (Å²) >= 11 is 0. The maximum atomic E-state index is 11.2. The minimum absolute atomic E-state index is 0.263. The SMILES string of the molecule is CCOC(=O)C=C(C)/C=C/CC(C)CCC=C(C)C. The Balaban J connectivity index is 4.00. The Bertz CT molecular complexity index is 344. The summed E-state index contributed by atoms with van der Waals surface area (Å²) in [5.74, 6) is 0.406. The molecular weight excluding hydrogens is 236 g/mol. The predicted octanol–water partition coefficient (Wildman–Crippen LogP) is 4.82. The summed E-state index contributed by atoms with van der Waals surface area (Å²) in [6, 6.07) is 0. The van der Waals surface area contributed by atoms with E-state index in [1.54, 1.807) is 0 Å². The van der Waals surface area contributed by atoms with Crippen LogP contribution >= 0.6 is 0 Å². The molecule has 0 saturated carbocycles. The maximum absolute atomic E-state index is 11.2. The maximum Gasteiger partial charge on any atom is 0.330 e. The molecule has 1 atom stereocenters. The molecule has 0 saturated heterocycles. The van der Waals surface area contributed by atoms with Crippen molar-refractivity contribution in [1.29, 1.82) is 0 Å². The Morgan fingerprint density at radius 3 is 2.53 bits per heavy atom. The van der Waals surface area contributed by atoms with Crippen LogP contribution in [0, 0.1) is 5.92 Å². The Morgan fingerprint density at radius 2 is 1.95 bits per heavy atom. The van der Waals surface area contributed by atoms with Crippen molar-refractivity contribution < 1.29 is 9.53 Å². The predicted molar refractivity (Wildman–Crippen MR) is 82.0 cm³/mol. The van der Waals surface area contributed by atoms with E-state index in [-0.39, 0.29) is 5.97 Å². The highest BCUT2D eigenvalue weighted by atomic mass is 16.5. The molecule has 0 bridgehead atoms. The van der Waals surface area contributed by atoms with Crippen LogP contribution in [-0.2, 0) is 9.53 Å². The molecule has 0 spiro atoms. The highest BCUT2D eigenvalue weighted by Crippen LogP contribution is 2.13. The quantitative estimate of drug-likeness (QED) is 0.272. The van der Waals surface area contributed by atoms with Gasteiger partial charge in [-0.1, -0.05) is 30.7 Å². The number of esters is 1. The van der Waals surface area contributed by atoms with Gasteiger partial charge in [-0.25, -0.2) is 4.79 Å². The van der Waals surface area contributed by atoms with Crippen LogP contribution in [0.5, 0.6) is 0 Å². The van der Waals surface area contributed by atoms with E-state index in [0.29, 0.717) is 12.5 Å². The fraction of sp³-hybridized carbons (Fsp3) is 0.588. The molecule has 19 heavy (non-hydrogen) atoms. The third kappa shape index (κ3) is 11.5. The molecule has 0 aliphatic carbocycles. The molecule has 0 aliphatic rings. The van der Waals surface area contributed by atoms with Crippen LogP contribution in [0.3, 0.4) is 0 Å². The second-order valence-electron chi connectivity index (χ2n) is 5.24. The van der Waals surface area contributed by atoms with Gasteiger partial charge in [0.15, 0.2) is 0 Å². The molecule has 0 N–H and O–H groups in total. The summed E-state index contributed by atoms with van der Waals surface area (Å²) in [6.07, 6.45) is 11.3. The lowest BCUT2D eigenvalue weighted by Gasteiger charge is -2.06. The highest BCUT2D eigenvalue weighted by molar-refractivity contribution is 5.83. The molecule has 0 rings (SSSR count). The monoisotopic (exact) mass is 264 g/mol. The Kier molecular flexibility index (Phi) is 9.87. The Labute approximate surface area is 118 Å². The Hall–Kier alpha value is -1.31. The molecule has 2 heteroatoms. The smallest absolute Gasteiger partial charge is 0.330 e. The van der Waals surface area contributed by atoms with Gasteiger partial charge in [0, 0.05) is 6.08 Å². The van der Waals surface area contributed by atoms with Gasteiger partial charge < -0.3 is 4.74 Å². The molecule has 0 fully saturated rings. The van der Waals surface area contributed by atoms with Crippen LogP contribution in [0.1, 0.15) is 53.9 Å². The number of hydrogen-bond donors (Lipinski definition) is 0. The van der Waals surface area contributed by atoms with E-state index in [4.69, 9.17) is 4.74 Å². The number of hydrogen-bond acceptors (Lipinski definition) is 2. The van der Waals surface area contributed by atoms with Gasteiger partial charge >= 0.3 is 5.97 Å². The molecule has 1 unspecified atom stereocenters. The van der Waals surface area contributed by atoms with Gasteiger partial charge in [0.25, 0.3) is 0 Å². The van der Waals surface area contributed by atoms with E-state index >= 15 is 0 Å². The first-order valence-corrected chi connectivity index (χ1v) is 7.10. The van der Waals surface area contributed by atoms with E-state index in [9.17, 15) is 4.79 Å². The summed E-state index contributed by atoms with van der Waals surface area (Å²) in [4.78, 5) is 11.2. The zero-order valence-electron chi connectivity index (χ0n) is 13.0. The number of rotatable bonds is 8. The molecule has 108 valence electrons. The molecule has 0 aromatic rings. The molecule has 0 aromatic carbocycles. The third-order valence-corrected chi connectivity index (χ3v) is 2.76. The minimum Gasteiger partial charge on any atom is -0.463 e. The van der Waals surface area contributed by atoms with E-state index in [1.807, 2.05) is 19.9 Å². The van der Waals surface area contributed by atoms with Crippen molar-refractivity contribution in [3.05, 3.63) is 35.5 Å². The van der Waals surface area contributed by atoms with Gasteiger partial charge in [0.1, 0.15) is 0 Å². The molecule has 0 aromatic heterocycles. The second-order valence-corrected chi connectivity index (χ2v) is 5.24. The van der Waals surface area contributed by atoms with E-state index in [2.05, 4.69) is 32.9 Å². The number of ether oxygens (including phenoxy) is 1. The molecule has 0 aliphatic heterocycles. The summed E-state index contributed by atoms with van der Waals surface area (Å²) in [6.45, 7) is 10.7. The second kappa shape index (κ2) is 10.6. The van der Waals surface area contributed by atoms with Crippen molar-refractivity contribution in [2.45, 2.75) is 53.9 Å². The van der Waals surface area contributed by atoms with Crippen LogP contribution in [0.4, 0.5) is 0 Å². The first kappa shape index (κ1) is 17.7. The number of allylic oxidation sites excluding steroid dienone is 5. The number of carbonyl (C=O) groups excluding carboxylic acids is 1. The van der Waals surface area contributed by atoms with Crippen molar-refractivity contribution in [3.63, 3.8) is 0 Å². The van der Waals surface area contributed by atoms with Crippen molar-refractivity contribution in [3.8, 4) is 0 Å². The fourth-order valence-electron chi connectivity index (χ4n) is 1.68. The summed E-state index contributed by atoms with van der Waals surface area (Å²) < 4.78 is 4.86. The van der Waals surface area contributed by atoms with Crippen LogP contribution in [0.15, 0.2) is 35.5 Å². The van der Waals surface area contributed by atoms with Gasteiger partial charge in [-0.3, -0.25) is 0 Å².